The molecule has 1 saturated heterocycles. The largest absolute Gasteiger partial charge is 0.468 e. The van der Waals surface area contributed by atoms with Crippen molar-refractivity contribution >= 4 is 22.7 Å². The van der Waals surface area contributed by atoms with Crippen molar-refractivity contribution in [1.29, 1.82) is 0 Å². The van der Waals surface area contributed by atoms with Crippen LogP contribution >= 0.6 is 0 Å². The molecule has 3 aliphatic heterocycles. The van der Waals surface area contributed by atoms with E-state index in [0.29, 0.717) is 6.42 Å². The number of methoxy groups -OCH3 is 1. The van der Waals surface area contributed by atoms with Gasteiger partial charge in [0.25, 0.3) is 0 Å². The number of carbonyl (C=O) groups is 2. The standard InChI is InChI=1S/C21H22N2O3/c1-12(24)16-9-13-10-21(20(25)26-2)18-15(7-8-23(11-13)19(16)21)14-5-3-4-6-17(14)22-18/h3-6,9,13,19,22H,7-8,10-11H2,1-2H3. The van der Waals surface area contributed by atoms with Gasteiger partial charge in [-0.3, -0.25) is 14.5 Å². The van der Waals surface area contributed by atoms with Gasteiger partial charge in [0, 0.05) is 35.3 Å². The number of hydrogen-bond donors (Lipinski definition) is 1. The molecule has 26 heavy (non-hydrogen) atoms. The van der Waals surface area contributed by atoms with E-state index in [1.54, 1.807) is 6.92 Å². The van der Waals surface area contributed by atoms with E-state index in [9.17, 15) is 9.59 Å². The summed E-state index contributed by atoms with van der Waals surface area (Å²) < 4.78 is 5.33. The van der Waals surface area contributed by atoms with Crippen molar-refractivity contribution < 1.29 is 14.3 Å². The van der Waals surface area contributed by atoms with Crippen molar-refractivity contribution in [2.75, 3.05) is 20.2 Å². The van der Waals surface area contributed by atoms with Gasteiger partial charge in [-0.25, -0.2) is 0 Å². The van der Waals surface area contributed by atoms with Crippen molar-refractivity contribution in [2.24, 2.45) is 5.92 Å². The number of ketones is 1. The number of esters is 1. The molecule has 5 heteroatoms. The normalized spacial score (nSPS) is 31.9. The number of rotatable bonds is 2. The number of fused-ring (bicyclic) bond motifs is 3. The number of benzene rings is 1. The van der Waals surface area contributed by atoms with E-state index in [4.69, 9.17) is 4.74 Å². The second-order valence-electron chi connectivity index (χ2n) is 7.78. The number of aromatic amines is 1. The number of nitrogens with zero attached hydrogens (tertiary/aromatic N) is 1. The molecular formula is C21H22N2O3. The molecule has 134 valence electrons. The van der Waals surface area contributed by atoms with Crippen molar-refractivity contribution in [1.82, 2.24) is 9.88 Å². The molecule has 0 radical (unpaired) electrons. The average molecular weight is 350 g/mol. The topological polar surface area (TPSA) is 62.4 Å². The number of piperidine rings is 1. The van der Waals surface area contributed by atoms with Crippen molar-refractivity contribution in [2.45, 2.75) is 31.2 Å². The number of nitrogens with one attached hydrogen (secondary N) is 1. The maximum absolute atomic E-state index is 13.2. The lowest BCUT2D eigenvalue weighted by Crippen LogP contribution is -2.64. The molecule has 6 rings (SSSR count). The predicted molar refractivity (Wildman–Crippen MR) is 97.9 cm³/mol. The highest BCUT2D eigenvalue weighted by Gasteiger charge is 2.61. The number of para-hydroxylation sites is 1. The van der Waals surface area contributed by atoms with Gasteiger partial charge in [0.05, 0.1) is 13.2 Å². The van der Waals surface area contributed by atoms with E-state index in [1.165, 1.54) is 18.1 Å². The fourth-order valence-corrected chi connectivity index (χ4v) is 5.57. The lowest BCUT2D eigenvalue weighted by Gasteiger charge is -2.53. The Bertz CT molecular complexity index is 973. The zero-order valence-corrected chi connectivity index (χ0v) is 15.0. The van der Waals surface area contributed by atoms with E-state index >= 15 is 0 Å². The Kier molecular flexibility index (Phi) is 3.23. The van der Waals surface area contributed by atoms with Crippen molar-refractivity contribution in [3.8, 4) is 0 Å². The minimum Gasteiger partial charge on any atom is -0.468 e. The zero-order valence-electron chi connectivity index (χ0n) is 15.0. The number of ether oxygens (including phenoxy) is 1. The molecular weight excluding hydrogens is 328 g/mol. The summed E-state index contributed by atoms with van der Waals surface area (Å²) in [5.74, 6) is 0.00589. The fourth-order valence-electron chi connectivity index (χ4n) is 5.57. The molecule has 1 fully saturated rings. The number of Topliss-reactive ketones (excluding diaryl/α,β-unsaturated/α-hetero) is 1. The van der Waals surface area contributed by atoms with Gasteiger partial charge in [-0.15, -0.1) is 0 Å². The third kappa shape index (κ3) is 1.84. The molecule has 4 bridgehead atoms. The van der Waals surface area contributed by atoms with Crippen LogP contribution in [0.2, 0.25) is 0 Å². The molecule has 0 amide bonds. The third-order valence-electron chi connectivity index (χ3n) is 6.46. The van der Waals surface area contributed by atoms with Crippen LogP contribution in [0.3, 0.4) is 0 Å². The molecule has 2 aromatic rings. The second-order valence-corrected chi connectivity index (χ2v) is 7.78. The van der Waals surface area contributed by atoms with E-state index in [-0.39, 0.29) is 23.7 Å². The molecule has 0 spiro atoms. The fraction of sp³-hybridized carbons (Fsp3) is 0.429. The third-order valence-corrected chi connectivity index (χ3v) is 6.46. The lowest BCUT2D eigenvalue weighted by atomic mass is 9.60. The highest BCUT2D eigenvalue weighted by molar-refractivity contribution is 5.99. The molecule has 1 aliphatic carbocycles. The van der Waals surface area contributed by atoms with Crippen LogP contribution in [0.15, 0.2) is 35.9 Å². The Balaban J connectivity index is 1.84. The number of carbonyl (C=O) groups excluding carboxylic acids is 2. The summed E-state index contributed by atoms with van der Waals surface area (Å²) in [5, 5.41) is 1.17. The molecule has 1 N–H and O–H groups in total. The summed E-state index contributed by atoms with van der Waals surface area (Å²) in [5.41, 5.74) is 3.13. The molecule has 4 aliphatic rings. The highest BCUT2D eigenvalue weighted by Crippen LogP contribution is 2.52. The highest BCUT2D eigenvalue weighted by atomic mass is 16.5. The zero-order chi connectivity index (χ0) is 18.1. The summed E-state index contributed by atoms with van der Waals surface area (Å²) in [4.78, 5) is 31.5. The van der Waals surface area contributed by atoms with Crippen LogP contribution < -0.4 is 0 Å². The summed E-state index contributed by atoms with van der Waals surface area (Å²) >= 11 is 0. The number of H-pyrrole nitrogens is 1. The quantitative estimate of drug-likeness (QED) is 0.845. The molecule has 4 atom stereocenters. The first-order chi connectivity index (χ1) is 12.6. The smallest absolute Gasteiger partial charge is 0.319 e. The minimum absolute atomic E-state index is 0.0530. The van der Waals surface area contributed by atoms with Crippen LogP contribution in [0, 0.1) is 5.92 Å². The summed E-state index contributed by atoms with van der Waals surface area (Å²) in [7, 11) is 1.45. The van der Waals surface area contributed by atoms with Crippen molar-refractivity contribution in [3.63, 3.8) is 0 Å². The Hall–Kier alpha value is -2.40. The Morgan fingerprint density at radius 2 is 2.12 bits per heavy atom. The molecule has 0 saturated carbocycles. The average Bonchev–Trinajstić information content (AvgIpc) is 3.00. The van der Waals surface area contributed by atoms with Crippen LogP contribution in [0.5, 0.6) is 0 Å². The minimum atomic E-state index is -0.835. The van der Waals surface area contributed by atoms with E-state index in [2.05, 4.69) is 28.1 Å². The predicted octanol–water partition coefficient (Wildman–Crippen LogP) is 2.35. The van der Waals surface area contributed by atoms with Gasteiger partial charge in [0.2, 0.25) is 0 Å². The number of aromatic nitrogens is 1. The maximum atomic E-state index is 13.2. The summed E-state index contributed by atoms with van der Waals surface area (Å²) in [6.45, 7) is 3.36. The van der Waals surface area contributed by atoms with Crippen LogP contribution in [-0.2, 0) is 26.2 Å². The van der Waals surface area contributed by atoms with Gasteiger partial charge < -0.3 is 9.72 Å². The Morgan fingerprint density at radius 3 is 2.88 bits per heavy atom. The van der Waals surface area contributed by atoms with Crippen molar-refractivity contribution in [3.05, 3.63) is 47.2 Å². The van der Waals surface area contributed by atoms with E-state index < -0.39 is 5.41 Å². The molecule has 4 unspecified atom stereocenters. The second kappa shape index (κ2) is 5.30. The SMILES string of the molecule is COC(=O)C12CC3C=C(C(C)=O)C1N(CCc1c2[nH]c2ccccc12)C3. The number of hydrogen-bond acceptors (Lipinski definition) is 4. The van der Waals surface area contributed by atoms with E-state index in [0.717, 1.165) is 36.3 Å². The first kappa shape index (κ1) is 15.8. The van der Waals surface area contributed by atoms with Gasteiger partial charge in [-0.05, 0) is 37.3 Å². The van der Waals surface area contributed by atoms with Gasteiger partial charge >= 0.3 is 5.97 Å². The Labute approximate surface area is 152 Å². The molecule has 5 nitrogen and oxygen atoms in total. The summed E-state index contributed by atoms with van der Waals surface area (Å²) in [6, 6.07) is 7.96. The first-order valence-electron chi connectivity index (χ1n) is 9.21. The molecule has 1 aromatic heterocycles. The van der Waals surface area contributed by atoms with Crippen LogP contribution in [0.1, 0.15) is 24.6 Å². The monoisotopic (exact) mass is 350 g/mol. The van der Waals surface area contributed by atoms with Gasteiger partial charge in [0.1, 0.15) is 5.41 Å². The van der Waals surface area contributed by atoms with Crippen LogP contribution in [-0.4, -0.2) is 47.9 Å². The summed E-state index contributed by atoms with van der Waals surface area (Å²) in [6.07, 6.45) is 3.66. The first-order valence-corrected chi connectivity index (χ1v) is 9.21. The lowest BCUT2D eigenvalue weighted by molar-refractivity contribution is -0.154. The maximum Gasteiger partial charge on any atom is 0.319 e. The molecule has 1 aromatic carbocycles. The van der Waals surface area contributed by atoms with E-state index in [1.807, 2.05) is 12.1 Å². The van der Waals surface area contributed by atoms with Crippen LogP contribution in [0.25, 0.3) is 10.9 Å². The molecule has 4 heterocycles. The Morgan fingerprint density at radius 1 is 1.31 bits per heavy atom. The van der Waals surface area contributed by atoms with Gasteiger partial charge in [-0.2, -0.15) is 0 Å². The van der Waals surface area contributed by atoms with Crippen LogP contribution in [0.4, 0.5) is 0 Å². The van der Waals surface area contributed by atoms with Gasteiger partial charge in [0.15, 0.2) is 5.78 Å². The van der Waals surface area contributed by atoms with Gasteiger partial charge in [-0.1, -0.05) is 24.3 Å².